The molecule has 0 radical (unpaired) electrons. The summed E-state index contributed by atoms with van der Waals surface area (Å²) in [5, 5.41) is 25.6. The molecular formula is C21H21N6NaO5S2. The fourth-order valence-corrected chi connectivity index (χ4v) is 4.12. The summed E-state index contributed by atoms with van der Waals surface area (Å²) in [5.74, 6) is 0.269. The fourth-order valence-electron chi connectivity index (χ4n) is 3.51. The topological polar surface area (TPSA) is 126 Å². The van der Waals surface area contributed by atoms with Crippen molar-refractivity contribution in [2.75, 3.05) is 17.3 Å². The van der Waals surface area contributed by atoms with Gasteiger partial charge in [-0.2, -0.15) is 16.0 Å². The van der Waals surface area contributed by atoms with E-state index in [1.54, 1.807) is 28.4 Å². The van der Waals surface area contributed by atoms with Crippen LogP contribution in [0.25, 0.3) is 0 Å². The van der Waals surface area contributed by atoms with Crippen LogP contribution in [0, 0.1) is 20.2 Å². The number of thiol groups is 2. The van der Waals surface area contributed by atoms with Crippen LogP contribution in [0.5, 0.6) is 5.75 Å². The fraction of sp³-hybridized carbons (Fsp3) is 0.143. The number of hydrogen-bond acceptors (Lipinski definition) is 11. The van der Waals surface area contributed by atoms with E-state index in [0.29, 0.717) is 17.8 Å². The molecule has 0 aliphatic carbocycles. The molecule has 35 heavy (non-hydrogen) atoms. The van der Waals surface area contributed by atoms with Gasteiger partial charge in [0.1, 0.15) is 11.9 Å². The molecule has 0 amide bonds. The third-order valence-electron chi connectivity index (χ3n) is 5.16. The average Bonchev–Trinajstić information content (AvgIpc) is 3.24. The van der Waals surface area contributed by atoms with Crippen molar-refractivity contribution in [1.29, 1.82) is 0 Å². The number of nitrogens with zero attached hydrogens (tertiary/aromatic N) is 4. The minimum absolute atomic E-state index is 0. The van der Waals surface area contributed by atoms with Crippen molar-refractivity contribution in [2.24, 2.45) is 0 Å². The number of benzene rings is 3. The number of rotatable bonds is 7. The van der Waals surface area contributed by atoms with Gasteiger partial charge in [-0.1, -0.05) is 6.07 Å². The molecule has 1 saturated heterocycles. The number of ether oxygens (including phenoxy) is 1. The normalized spacial score (nSPS) is 15.0. The molecule has 1 heterocycles. The third kappa shape index (κ3) is 6.01. The molecule has 1 unspecified atom stereocenters. The number of nitro benzene ring substituents is 2. The molecule has 11 nitrogen and oxygen atoms in total. The summed E-state index contributed by atoms with van der Waals surface area (Å²) >= 11 is 8.87. The van der Waals surface area contributed by atoms with E-state index in [-0.39, 0.29) is 52.8 Å². The van der Waals surface area contributed by atoms with Gasteiger partial charge < -0.3 is 4.74 Å². The summed E-state index contributed by atoms with van der Waals surface area (Å²) in [6, 6.07) is 15.9. The summed E-state index contributed by atoms with van der Waals surface area (Å²) < 4.78 is 5.42. The van der Waals surface area contributed by atoms with Crippen LogP contribution in [0.15, 0.2) is 70.5 Å². The molecule has 178 valence electrons. The number of hydrogen-bond donors (Lipinski definition) is 4. The van der Waals surface area contributed by atoms with E-state index < -0.39 is 9.85 Å². The molecule has 2 N–H and O–H groups in total. The Bertz CT molecular complexity index is 1250. The molecule has 14 heteroatoms. The van der Waals surface area contributed by atoms with Gasteiger partial charge in [0, 0.05) is 34.4 Å². The molecule has 3 aromatic carbocycles. The van der Waals surface area contributed by atoms with Crippen molar-refractivity contribution < 1.29 is 14.6 Å². The Morgan fingerprint density at radius 3 is 2.14 bits per heavy atom. The first-order valence-corrected chi connectivity index (χ1v) is 10.9. The molecule has 0 bridgehead atoms. The van der Waals surface area contributed by atoms with E-state index >= 15 is 0 Å². The van der Waals surface area contributed by atoms with Crippen LogP contribution >= 0.6 is 25.3 Å². The predicted octanol–water partition coefficient (Wildman–Crippen LogP) is 3.26. The number of methoxy groups -OCH3 is 1. The number of non-ortho nitro benzene ring substituents is 2. The standard InChI is InChI=1S/C21H20N6O5S2.Na.H/c1-32-19-11-16(27(30)31)7-9-18(19)25-23-21(10-13-2-8-17(33)12-20(13)34)22-24(25)14-3-5-15(6-4-14)26(28)29;;/h2-9,11-12,21-23,33-34H,10H2,1H3;;. The van der Waals surface area contributed by atoms with Crippen LogP contribution in [0.2, 0.25) is 0 Å². The van der Waals surface area contributed by atoms with Crippen LogP contribution in [0.3, 0.4) is 0 Å². The van der Waals surface area contributed by atoms with E-state index in [9.17, 15) is 20.2 Å². The van der Waals surface area contributed by atoms with Crippen LogP contribution in [0.1, 0.15) is 5.56 Å². The van der Waals surface area contributed by atoms with E-state index in [1.807, 2.05) is 18.2 Å². The van der Waals surface area contributed by atoms with Crippen LogP contribution in [-0.4, -0.2) is 52.7 Å². The molecule has 0 spiro atoms. The number of nitrogens with one attached hydrogen (secondary N) is 2. The van der Waals surface area contributed by atoms with Crippen molar-refractivity contribution in [3.8, 4) is 5.75 Å². The number of nitro groups is 2. The van der Waals surface area contributed by atoms with Crippen molar-refractivity contribution in [3.63, 3.8) is 0 Å². The van der Waals surface area contributed by atoms with Gasteiger partial charge in [0.25, 0.3) is 11.4 Å². The minimum atomic E-state index is -0.502. The monoisotopic (exact) mass is 524 g/mol. The zero-order valence-electron chi connectivity index (χ0n) is 17.8. The van der Waals surface area contributed by atoms with E-state index in [1.165, 1.54) is 31.4 Å². The van der Waals surface area contributed by atoms with Gasteiger partial charge in [-0.05, 0) is 35.9 Å². The SMILES string of the molecule is COc1cc([N+](=O)[O-])ccc1N1NC(Cc2ccc(S)cc2S)NN1c1ccc([N+](=O)[O-])cc1.[NaH]. The molecule has 4 rings (SSSR count). The van der Waals surface area contributed by atoms with E-state index in [0.717, 1.165) is 15.4 Å². The summed E-state index contributed by atoms with van der Waals surface area (Å²) in [6.07, 6.45) is 0.217. The second kappa shape index (κ2) is 11.5. The van der Waals surface area contributed by atoms with Gasteiger partial charge in [-0.3, -0.25) is 20.2 Å². The van der Waals surface area contributed by atoms with Gasteiger partial charge in [0.15, 0.2) is 5.75 Å². The number of hydrazine groups is 3. The van der Waals surface area contributed by atoms with Crippen molar-refractivity contribution in [2.45, 2.75) is 22.4 Å². The summed E-state index contributed by atoms with van der Waals surface area (Å²) in [7, 11) is 1.42. The van der Waals surface area contributed by atoms with Crippen LogP contribution < -0.4 is 25.8 Å². The third-order valence-corrected chi connectivity index (χ3v) is 5.85. The molecule has 1 aliphatic rings. The Morgan fingerprint density at radius 2 is 1.54 bits per heavy atom. The van der Waals surface area contributed by atoms with Crippen molar-refractivity contribution >= 4 is 77.6 Å². The first kappa shape index (κ1) is 27.1. The molecular weight excluding hydrogens is 503 g/mol. The summed E-state index contributed by atoms with van der Waals surface area (Å²) in [5.41, 5.74) is 8.54. The molecule has 0 aromatic heterocycles. The van der Waals surface area contributed by atoms with Crippen LogP contribution in [-0.2, 0) is 6.42 Å². The maximum absolute atomic E-state index is 11.2. The second-order valence-corrected chi connectivity index (χ2v) is 8.34. The van der Waals surface area contributed by atoms with Gasteiger partial charge in [0.2, 0.25) is 0 Å². The van der Waals surface area contributed by atoms with Gasteiger partial charge in [-0.25, -0.2) is 5.12 Å². The first-order valence-electron chi connectivity index (χ1n) is 9.97. The maximum atomic E-state index is 11.2. The predicted molar refractivity (Wildman–Crippen MR) is 140 cm³/mol. The molecule has 1 aliphatic heterocycles. The Morgan fingerprint density at radius 1 is 0.914 bits per heavy atom. The van der Waals surface area contributed by atoms with Gasteiger partial charge in [0.05, 0.1) is 28.7 Å². The number of anilines is 2. The summed E-state index contributed by atoms with van der Waals surface area (Å²) in [4.78, 5) is 22.9. The van der Waals surface area contributed by atoms with E-state index in [2.05, 4.69) is 36.1 Å². The second-order valence-electron chi connectivity index (χ2n) is 7.34. The first-order chi connectivity index (χ1) is 16.3. The van der Waals surface area contributed by atoms with Gasteiger partial charge >= 0.3 is 29.6 Å². The molecule has 1 atom stereocenters. The summed E-state index contributed by atoms with van der Waals surface area (Å²) in [6.45, 7) is 0. The Labute approximate surface area is 233 Å². The van der Waals surface area contributed by atoms with Crippen LogP contribution in [0.4, 0.5) is 22.7 Å². The van der Waals surface area contributed by atoms with Crippen molar-refractivity contribution in [3.05, 3.63) is 86.5 Å². The zero-order chi connectivity index (χ0) is 24.4. The molecule has 3 aromatic rings. The molecule has 0 saturated carbocycles. The quantitative estimate of drug-likeness (QED) is 0.159. The Hall–Kier alpha value is -2.52. The molecule has 1 fully saturated rings. The Balaban J connectivity index is 0.00000342. The van der Waals surface area contributed by atoms with Crippen molar-refractivity contribution in [1.82, 2.24) is 10.9 Å². The van der Waals surface area contributed by atoms with E-state index in [4.69, 9.17) is 4.74 Å². The Kier molecular flexibility index (Phi) is 8.88. The average molecular weight is 525 g/mol. The van der Waals surface area contributed by atoms with Gasteiger partial charge in [-0.15, -0.1) is 25.3 Å². The zero-order valence-corrected chi connectivity index (χ0v) is 19.6.